The van der Waals surface area contributed by atoms with Crippen LogP contribution in [0.25, 0.3) is 0 Å². The van der Waals surface area contributed by atoms with E-state index in [1.807, 2.05) is 6.92 Å². The predicted octanol–water partition coefficient (Wildman–Crippen LogP) is 2.28. The standard InChI is InChI=1S/C14H17F2NO3/c1-4-8(2)12(14(19)20-3)17-13(18)10-6-5-9(15)7-11(10)16/h5-8,12H,4H2,1-3H3,(H,17,18)/t8-,12+/m1/s1. The first kappa shape index (κ1) is 16.1. The molecule has 1 aromatic rings. The van der Waals surface area contributed by atoms with E-state index < -0.39 is 29.6 Å². The van der Waals surface area contributed by atoms with E-state index in [9.17, 15) is 18.4 Å². The smallest absolute Gasteiger partial charge is 0.328 e. The third kappa shape index (κ3) is 3.76. The molecule has 0 saturated carbocycles. The number of nitrogens with one attached hydrogen (secondary N) is 1. The molecule has 20 heavy (non-hydrogen) atoms. The van der Waals surface area contributed by atoms with Gasteiger partial charge in [0, 0.05) is 6.07 Å². The molecule has 0 aliphatic heterocycles. The zero-order valence-corrected chi connectivity index (χ0v) is 11.6. The number of benzene rings is 1. The van der Waals surface area contributed by atoms with Gasteiger partial charge in [-0.1, -0.05) is 20.3 Å². The average Bonchev–Trinajstić information content (AvgIpc) is 2.42. The lowest BCUT2D eigenvalue weighted by molar-refractivity contribution is -0.144. The number of methoxy groups -OCH3 is 1. The summed E-state index contributed by atoms with van der Waals surface area (Å²) < 4.78 is 30.9. The van der Waals surface area contributed by atoms with Gasteiger partial charge < -0.3 is 10.1 Å². The maximum absolute atomic E-state index is 13.5. The molecule has 0 saturated heterocycles. The molecule has 0 heterocycles. The van der Waals surface area contributed by atoms with E-state index in [1.165, 1.54) is 7.11 Å². The topological polar surface area (TPSA) is 55.4 Å². The first-order valence-electron chi connectivity index (χ1n) is 6.24. The number of rotatable bonds is 5. The van der Waals surface area contributed by atoms with Gasteiger partial charge in [-0.05, 0) is 18.1 Å². The van der Waals surface area contributed by atoms with Crippen LogP contribution in [-0.2, 0) is 9.53 Å². The van der Waals surface area contributed by atoms with E-state index in [0.717, 1.165) is 12.1 Å². The van der Waals surface area contributed by atoms with Crippen molar-refractivity contribution in [3.63, 3.8) is 0 Å². The molecule has 4 nitrogen and oxygen atoms in total. The number of amides is 1. The van der Waals surface area contributed by atoms with Crippen LogP contribution in [0.3, 0.4) is 0 Å². The van der Waals surface area contributed by atoms with E-state index in [-0.39, 0.29) is 11.5 Å². The molecule has 110 valence electrons. The number of hydrogen-bond donors (Lipinski definition) is 1. The number of carbonyl (C=O) groups excluding carboxylic acids is 2. The lowest BCUT2D eigenvalue weighted by Crippen LogP contribution is -2.45. The highest BCUT2D eigenvalue weighted by Gasteiger charge is 2.27. The minimum Gasteiger partial charge on any atom is -0.467 e. The van der Waals surface area contributed by atoms with Gasteiger partial charge in [-0.3, -0.25) is 4.79 Å². The Balaban J connectivity index is 2.93. The molecule has 0 unspecified atom stereocenters. The Kier molecular flexibility index (Phi) is 5.61. The zero-order valence-electron chi connectivity index (χ0n) is 11.6. The molecule has 0 bridgehead atoms. The highest BCUT2D eigenvalue weighted by atomic mass is 19.1. The van der Waals surface area contributed by atoms with Crippen molar-refractivity contribution < 1.29 is 23.1 Å². The van der Waals surface area contributed by atoms with Gasteiger partial charge in [-0.15, -0.1) is 0 Å². The van der Waals surface area contributed by atoms with Crippen molar-refractivity contribution in [1.82, 2.24) is 5.32 Å². The monoisotopic (exact) mass is 285 g/mol. The summed E-state index contributed by atoms with van der Waals surface area (Å²) in [6.45, 7) is 3.62. The average molecular weight is 285 g/mol. The number of esters is 1. The largest absolute Gasteiger partial charge is 0.467 e. The normalized spacial score (nSPS) is 13.4. The molecule has 0 radical (unpaired) electrons. The molecule has 0 fully saturated rings. The second kappa shape index (κ2) is 6.98. The third-order valence-corrected chi connectivity index (χ3v) is 3.13. The summed E-state index contributed by atoms with van der Waals surface area (Å²) in [5, 5.41) is 2.42. The van der Waals surface area contributed by atoms with Crippen LogP contribution in [0.1, 0.15) is 30.6 Å². The van der Waals surface area contributed by atoms with Crippen molar-refractivity contribution in [2.75, 3.05) is 7.11 Å². The molecular weight excluding hydrogens is 268 g/mol. The predicted molar refractivity (Wildman–Crippen MR) is 69.1 cm³/mol. The number of ether oxygens (including phenoxy) is 1. The van der Waals surface area contributed by atoms with Crippen molar-refractivity contribution in [3.8, 4) is 0 Å². The van der Waals surface area contributed by atoms with Crippen LogP contribution in [0.15, 0.2) is 18.2 Å². The van der Waals surface area contributed by atoms with E-state index in [4.69, 9.17) is 0 Å². The van der Waals surface area contributed by atoms with Gasteiger partial charge in [-0.2, -0.15) is 0 Å². The van der Waals surface area contributed by atoms with Gasteiger partial charge in [0.25, 0.3) is 5.91 Å². The van der Waals surface area contributed by atoms with Crippen LogP contribution in [0, 0.1) is 17.6 Å². The van der Waals surface area contributed by atoms with Crippen LogP contribution in [-0.4, -0.2) is 25.0 Å². The van der Waals surface area contributed by atoms with Gasteiger partial charge in [-0.25, -0.2) is 13.6 Å². The molecule has 0 aliphatic carbocycles. The van der Waals surface area contributed by atoms with Crippen molar-refractivity contribution in [3.05, 3.63) is 35.4 Å². The molecule has 1 aromatic carbocycles. The summed E-state index contributed by atoms with van der Waals surface area (Å²) in [6.07, 6.45) is 0.631. The molecule has 2 atom stereocenters. The second-order valence-corrected chi connectivity index (χ2v) is 4.48. The molecule has 0 aliphatic rings. The minimum atomic E-state index is -0.977. The van der Waals surface area contributed by atoms with Crippen LogP contribution < -0.4 is 5.32 Å². The fraction of sp³-hybridized carbons (Fsp3) is 0.429. The van der Waals surface area contributed by atoms with Gasteiger partial charge >= 0.3 is 5.97 Å². The quantitative estimate of drug-likeness (QED) is 0.844. The Morgan fingerprint density at radius 1 is 1.35 bits per heavy atom. The van der Waals surface area contributed by atoms with E-state index in [0.29, 0.717) is 12.5 Å². The highest BCUT2D eigenvalue weighted by molar-refractivity contribution is 5.97. The van der Waals surface area contributed by atoms with Crippen LogP contribution in [0.5, 0.6) is 0 Å². The Labute approximate surface area is 116 Å². The first-order valence-corrected chi connectivity index (χ1v) is 6.24. The fourth-order valence-corrected chi connectivity index (χ4v) is 1.69. The maximum Gasteiger partial charge on any atom is 0.328 e. The third-order valence-electron chi connectivity index (χ3n) is 3.13. The summed E-state index contributed by atoms with van der Waals surface area (Å²) in [5.41, 5.74) is -0.316. The summed E-state index contributed by atoms with van der Waals surface area (Å²) in [4.78, 5) is 23.6. The molecule has 0 spiro atoms. The summed E-state index contributed by atoms with van der Waals surface area (Å²) in [6, 6.07) is 1.76. The summed E-state index contributed by atoms with van der Waals surface area (Å²) in [7, 11) is 1.21. The molecule has 1 rings (SSSR count). The van der Waals surface area contributed by atoms with Gasteiger partial charge in [0.15, 0.2) is 0 Å². The van der Waals surface area contributed by atoms with E-state index in [1.54, 1.807) is 6.92 Å². The molecule has 1 amide bonds. The number of halogens is 2. The van der Waals surface area contributed by atoms with Crippen molar-refractivity contribution >= 4 is 11.9 Å². The van der Waals surface area contributed by atoms with E-state index >= 15 is 0 Å². The van der Waals surface area contributed by atoms with Crippen LogP contribution >= 0.6 is 0 Å². The molecule has 0 aromatic heterocycles. The van der Waals surface area contributed by atoms with Gasteiger partial charge in [0.05, 0.1) is 12.7 Å². The Hall–Kier alpha value is -1.98. The lowest BCUT2D eigenvalue weighted by Gasteiger charge is -2.21. The SMILES string of the molecule is CC[C@@H](C)[C@H](NC(=O)c1ccc(F)cc1F)C(=O)OC. The first-order chi connectivity index (χ1) is 9.40. The maximum atomic E-state index is 13.5. The van der Waals surface area contributed by atoms with Crippen molar-refractivity contribution in [2.45, 2.75) is 26.3 Å². The van der Waals surface area contributed by atoms with Crippen LogP contribution in [0.4, 0.5) is 8.78 Å². The van der Waals surface area contributed by atoms with E-state index in [2.05, 4.69) is 10.1 Å². The highest BCUT2D eigenvalue weighted by Crippen LogP contribution is 2.13. The summed E-state index contributed by atoms with van der Waals surface area (Å²) in [5.74, 6) is -3.30. The van der Waals surface area contributed by atoms with Crippen molar-refractivity contribution in [1.29, 1.82) is 0 Å². The molecule has 1 N–H and O–H groups in total. The van der Waals surface area contributed by atoms with Gasteiger partial charge in [0.1, 0.15) is 17.7 Å². The zero-order chi connectivity index (χ0) is 15.3. The van der Waals surface area contributed by atoms with Crippen molar-refractivity contribution in [2.24, 2.45) is 5.92 Å². The minimum absolute atomic E-state index is 0.171. The molecule has 6 heteroatoms. The Bertz CT molecular complexity index is 505. The Morgan fingerprint density at radius 2 is 2.00 bits per heavy atom. The summed E-state index contributed by atoms with van der Waals surface area (Å²) >= 11 is 0. The lowest BCUT2D eigenvalue weighted by atomic mass is 9.99. The molecular formula is C14H17F2NO3. The second-order valence-electron chi connectivity index (χ2n) is 4.48. The van der Waals surface area contributed by atoms with Gasteiger partial charge in [0.2, 0.25) is 0 Å². The Morgan fingerprint density at radius 3 is 2.50 bits per heavy atom. The van der Waals surface area contributed by atoms with Crippen LogP contribution in [0.2, 0.25) is 0 Å². The fourth-order valence-electron chi connectivity index (χ4n) is 1.69. The number of carbonyl (C=O) groups is 2. The number of hydrogen-bond acceptors (Lipinski definition) is 3.